The lowest BCUT2D eigenvalue weighted by Crippen LogP contribution is -2.17. The summed E-state index contributed by atoms with van der Waals surface area (Å²) >= 11 is 0. The zero-order valence-electron chi connectivity index (χ0n) is 8.73. The average Bonchev–Trinajstić information content (AvgIpc) is 2.71. The van der Waals surface area contributed by atoms with Crippen molar-refractivity contribution in [3.8, 4) is 0 Å². The molecule has 2 rings (SSSR count). The van der Waals surface area contributed by atoms with E-state index < -0.39 is 0 Å². The van der Waals surface area contributed by atoms with Gasteiger partial charge in [-0.2, -0.15) is 0 Å². The summed E-state index contributed by atoms with van der Waals surface area (Å²) in [6.45, 7) is 1.69. The molecule has 0 bridgehead atoms. The van der Waals surface area contributed by atoms with Gasteiger partial charge in [-0.1, -0.05) is 0 Å². The van der Waals surface area contributed by atoms with E-state index in [1.165, 1.54) is 0 Å². The van der Waals surface area contributed by atoms with Crippen molar-refractivity contribution in [3.05, 3.63) is 24.0 Å². The molecule has 2 unspecified atom stereocenters. The van der Waals surface area contributed by atoms with Crippen LogP contribution in [0.3, 0.4) is 0 Å². The third-order valence-electron chi connectivity index (χ3n) is 2.90. The Morgan fingerprint density at radius 3 is 3.13 bits per heavy atom. The van der Waals surface area contributed by atoms with Crippen LogP contribution in [0.4, 0.5) is 5.69 Å². The van der Waals surface area contributed by atoms with E-state index in [0.717, 1.165) is 37.3 Å². The van der Waals surface area contributed by atoms with Crippen LogP contribution in [0.15, 0.2) is 18.5 Å². The van der Waals surface area contributed by atoms with Gasteiger partial charge in [0.25, 0.3) is 0 Å². The highest BCUT2D eigenvalue weighted by Gasteiger charge is 2.20. The molecule has 4 nitrogen and oxygen atoms in total. The fourth-order valence-electron chi connectivity index (χ4n) is 1.98. The van der Waals surface area contributed by atoms with Crippen LogP contribution in [0.5, 0.6) is 0 Å². The fourth-order valence-corrected chi connectivity index (χ4v) is 1.98. The zero-order valence-corrected chi connectivity index (χ0v) is 8.73. The first-order chi connectivity index (χ1) is 7.27. The minimum absolute atomic E-state index is 0.0228. The molecule has 0 saturated carbocycles. The summed E-state index contributed by atoms with van der Waals surface area (Å²) in [6, 6.07) is 1.77. The normalized spacial score (nSPS) is 22.9. The maximum Gasteiger partial charge on any atom is 0.0495 e. The number of aromatic nitrogens is 1. The summed E-state index contributed by atoms with van der Waals surface area (Å²) in [5.41, 5.74) is 13.6. The standard InChI is InChI=1S/C11H17N3O/c12-10-1-3-14-6-9(10)11(13)5-8-2-4-15-7-8/h1,3,6,8,11H,2,4-5,7,13H2,(H2,12,14). The van der Waals surface area contributed by atoms with Gasteiger partial charge in [0.2, 0.25) is 0 Å². The maximum absolute atomic E-state index is 6.10. The molecule has 0 radical (unpaired) electrons. The Morgan fingerprint density at radius 2 is 2.47 bits per heavy atom. The fraction of sp³-hybridized carbons (Fsp3) is 0.545. The van der Waals surface area contributed by atoms with Gasteiger partial charge >= 0.3 is 0 Å². The molecule has 1 fully saturated rings. The third-order valence-corrected chi connectivity index (χ3v) is 2.90. The Kier molecular flexibility index (Phi) is 3.18. The molecule has 1 aliphatic rings. The number of anilines is 1. The van der Waals surface area contributed by atoms with Gasteiger partial charge in [0.05, 0.1) is 0 Å². The predicted molar refractivity (Wildman–Crippen MR) is 59.1 cm³/mol. The van der Waals surface area contributed by atoms with E-state index in [9.17, 15) is 0 Å². The van der Waals surface area contributed by atoms with Gasteiger partial charge in [-0.3, -0.25) is 4.98 Å². The minimum atomic E-state index is -0.0228. The Morgan fingerprint density at radius 1 is 1.60 bits per heavy atom. The zero-order chi connectivity index (χ0) is 10.7. The lowest BCUT2D eigenvalue weighted by Gasteiger charge is -2.16. The monoisotopic (exact) mass is 207 g/mol. The Hall–Kier alpha value is -1.13. The van der Waals surface area contributed by atoms with E-state index >= 15 is 0 Å². The van der Waals surface area contributed by atoms with Crippen LogP contribution in [0.1, 0.15) is 24.4 Å². The van der Waals surface area contributed by atoms with Crippen LogP contribution in [0, 0.1) is 5.92 Å². The van der Waals surface area contributed by atoms with Gasteiger partial charge in [-0.15, -0.1) is 0 Å². The molecule has 1 aromatic heterocycles. The van der Waals surface area contributed by atoms with Crippen LogP contribution >= 0.6 is 0 Å². The molecular formula is C11H17N3O. The molecular weight excluding hydrogens is 190 g/mol. The van der Waals surface area contributed by atoms with Gasteiger partial charge in [0.1, 0.15) is 0 Å². The molecule has 4 N–H and O–H groups in total. The Balaban J connectivity index is 2.00. The molecule has 15 heavy (non-hydrogen) atoms. The maximum atomic E-state index is 6.10. The van der Waals surface area contributed by atoms with E-state index in [-0.39, 0.29) is 6.04 Å². The summed E-state index contributed by atoms with van der Waals surface area (Å²) in [6.07, 6.45) is 5.48. The second kappa shape index (κ2) is 4.59. The molecule has 1 saturated heterocycles. The molecule has 4 heteroatoms. The summed E-state index contributed by atoms with van der Waals surface area (Å²) < 4.78 is 5.32. The van der Waals surface area contributed by atoms with Gasteiger partial charge in [0.15, 0.2) is 0 Å². The Bertz CT molecular complexity index is 323. The predicted octanol–water partition coefficient (Wildman–Crippen LogP) is 1.09. The molecule has 2 atom stereocenters. The summed E-state index contributed by atoms with van der Waals surface area (Å²) in [5.74, 6) is 0.569. The average molecular weight is 207 g/mol. The molecule has 1 aliphatic heterocycles. The number of nitrogen functional groups attached to an aromatic ring is 1. The van der Waals surface area contributed by atoms with Gasteiger partial charge in [0, 0.05) is 42.9 Å². The first-order valence-corrected chi connectivity index (χ1v) is 5.30. The van der Waals surface area contributed by atoms with Crippen molar-refractivity contribution < 1.29 is 4.74 Å². The van der Waals surface area contributed by atoms with Crippen LogP contribution in [0.2, 0.25) is 0 Å². The number of pyridine rings is 1. The van der Waals surface area contributed by atoms with E-state index in [1.54, 1.807) is 18.5 Å². The van der Waals surface area contributed by atoms with Crippen molar-refractivity contribution in [2.24, 2.45) is 11.7 Å². The van der Waals surface area contributed by atoms with Crippen LogP contribution in [0.25, 0.3) is 0 Å². The number of hydrogen-bond donors (Lipinski definition) is 2. The van der Waals surface area contributed by atoms with Crippen molar-refractivity contribution in [3.63, 3.8) is 0 Å². The third kappa shape index (κ3) is 2.46. The molecule has 82 valence electrons. The SMILES string of the molecule is Nc1ccncc1C(N)CC1CCOC1. The molecule has 1 aromatic rings. The highest BCUT2D eigenvalue weighted by molar-refractivity contribution is 5.46. The molecule has 2 heterocycles. The first-order valence-electron chi connectivity index (χ1n) is 5.30. The minimum Gasteiger partial charge on any atom is -0.398 e. The summed E-state index contributed by atoms with van der Waals surface area (Å²) in [4.78, 5) is 4.05. The van der Waals surface area contributed by atoms with Crippen molar-refractivity contribution in [2.75, 3.05) is 18.9 Å². The van der Waals surface area contributed by atoms with Gasteiger partial charge in [-0.25, -0.2) is 0 Å². The topological polar surface area (TPSA) is 74.2 Å². The quantitative estimate of drug-likeness (QED) is 0.778. The van der Waals surface area contributed by atoms with E-state index in [2.05, 4.69) is 4.98 Å². The molecule has 0 aromatic carbocycles. The number of nitrogens with zero attached hydrogens (tertiary/aromatic N) is 1. The van der Waals surface area contributed by atoms with Gasteiger partial charge < -0.3 is 16.2 Å². The second-order valence-corrected chi connectivity index (χ2v) is 4.08. The number of ether oxygens (including phenoxy) is 1. The smallest absolute Gasteiger partial charge is 0.0495 e. The van der Waals surface area contributed by atoms with Gasteiger partial charge in [-0.05, 0) is 24.8 Å². The van der Waals surface area contributed by atoms with E-state index in [1.807, 2.05) is 0 Å². The second-order valence-electron chi connectivity index (χ2n) is 4.08. The van der Waals surface area contributed by atoms with Crippen LogP contribution in [-0.2, 0) is 4.74 Å². The first kappa shape index (κ1) is 10.4. The molecule has 0 spiro atoms. The van der Waals surface area contributed by atoms with Crippen molar-refractivity contribution >= 4 is 5.69 Å². The van der Waals surface area contributed by atoms with Crippen molar-refractivity contribution in [2.45, 2.75) is 18.9 Å². The number of hydrogen-bond acceptors (Lipinski definition) is 4. The number of nitrogens with two attached hydrogens (primary N) is 2. The number of rotatable bonds is 3. The highest BCUT2D eigenvalue weighted by Crippen LogP contribution is 2.26. The summed E-state index contributed by atoms with van der Waals surface area (Å²) in [5, 5.41) is 0. The van der Waals surface area contributed by atoms with Crippen LogP contribution < -0.4 is 11.5 Å². The lowest BCUT2D eigenvalue weighted by molar-refractivity contribution is 0.182. The molecule has 0 aliphatic carbocycles. The van der Waals surface area contributed by atoms with Crippen molar-refractivity contribution in [1.29, 1.82) is 0 Å². The largest absolute Gasteiger partial charge is 0.398 e. The molecule has 0 amide bonds. The van der Waals surface area contributed by atoms with E-state index in [0.29, 0.717) is 5.92 Å². The lowest BCUT2D eigenvalue weighted by atomic mass is 9.95. The van der Waals surface area contributed by atoms with Crippen molar-refractivity contribution in [1.82, 2.24) is 4.98 Å². The summed E-state index contributed by atoms with van der Waals surface area (Å²) in [7, 11) is 0. The highest BCUT2D eigenvalue weighted by atomic mass is 16.5. The Labute approximate surface area is 89.6 Å². The van der Waals surface area contributed by atoms with E-state index in [4.69, 9.17) is 16.2 Å². The van der Waals surface area contributed by atoms with Crippen LogP contribution in [-0.4, -0.2) is 18.2 Å².